The van der Waals surface area contributed by atoms with Gasteiger partial charge in [-0.2, -0.15) is 0 Å². The van der Waals surface area contributed by atoms with Crippen molar-refractivity contribution in [2.75, 3.05) is 50.8 Å². The van der Waals surface area contributed by atoms with Gasteiger partial charge >= 0.3 is 0 Å². The van der Waals surface area contributed by atoms with Crippen molar-refractivity contribution >= 4 is 23.3 Å². The van der Waals surface area contributed by atoms with E-state index in [1.807, 2.05) is 17.0 Å². The molecule has 0 radical (unpaired) electrons. The second-order valence-corrected chi connectivity index (χ2v) is 6.65. The lowest BCUT2D eigenvalue weighted by atomic mass is 9.78. The fourth-order valence-corrected chi connectivity index (χ4v) is 3.41. The van der Waals surface area contributed by atoms with Crippen molar-refractivity contribution in [1.82, 2.24) is 9.88 Å². The summed E-state index contributed by atoms with van der Waals surface area (Å²) in [5, 5.41) is 0.631. The Hall–Kier alpha value is -1.37. The molecule has 2 aliphatic heterocycles. The molecule has 0 spiro atoms. The second kappa shape index (κ2) is 7.03. The summed E-state index contributed by atoms with van der Waals surface area (Å²) in [6.07, 6.45) is 3.10. The zero-order valence-corrected chi connectivity index (χ0v) is 14.0. The van der Waals surface area contributed by atoms with Crippen LogP contribution in [0.4, 0.5) is 5.82 Å². The molecule has 7 heteroatoms. The molecule has 6 nitrogen and oxygen atoms in total. The molecule has 0 unspecified atom stereocenters. The molecular weight excluding hydrogens is 316 g/mol. The third-order valence-corrected chi connectivity index (χ3v) is 5.12. The van der Waals surface area contributed by atoms with E-state index < -0.39 is 5.41 Å². The molecule has 2 saturated heterocycles. The summed E-state index contributed by atoms with van der Waals surface area (Å²) in [7, 11) is 0. The topological polar surface area (TPSA) is 71.7 Å². The first kappa shape index (κ1) is 16.5. The van der Waals surface area contributed by atoms with E-state index in [2.05, 4.69) is 9.88 Å². The Morgan fingerprint density at radius 2 is 1.96 bits per heavy atom. The van der Waals surface area contributed by atoms with Crippen molar-refractivity contribution < 1.29 is 9.53 Å². The number of carbonyl (C=O) groups excluding carboxylic acids is 1. The largest absolute Gasteiger partial charge is 0.381 e. The maximum Gasteiger partial charge on any atom is 0.230 e. The van der Waals surface area contributed by atoms with Gasteiger partial charge in [0.2, 0.25) is 5.91 Å². The second-order valence-electron chi connectivity index (χ2n) is 6.21. The minimum Gasteiger partial charge on any atom is -0.381 e. The molecule has 1 aromatic rings. The summed E-state index contributed by atoms with van der Waals surface area (Å²) < 4.78 is 5.40. The molecule has 1 amide bonds. The van der Waals surface area contributed by atoms with Gasteiger partial charge in [0, 0.05) is 52.1 Å². The minimum absolute atomic E-state index is 0.187. The van der Waals surface area contributed by atoms with Crippen LogP contribution in [0.5, 0.6) is 0 Å². The monoisotopic (exact) mass is 338 g/mol. The number of nitrogens with zero attached hydrogens (tertiary/aromatic N) is 3. The fraction of sp³-hybridized carbons (Fsp3) is 0.625. The molecule has 0 atom stereocenters. The zero-order chi connectivity index (χ0) is 16.3. The van der Waals surface area contributed by atoms with E-state index >= 15 is 0 Å². The van der Waals surface area contributed by atoms with Gasteiger partial charge in [-0.15, -0.1) is 0 Å². The zero-order valence-electron chi connectivity index (χ0n) is 13.2. The molecule has 3 heterocycles. The Morgan fingerprint density at radius 1 is 1.26 bits per heavy atom. The summed E-state index contributed by atoms with van der Waals surface area (Å²) in [4.78, 5) is 21.4. The number of hydrogen-bond acceptors (Lipinski definition) is 5. The van der Waals surface area contributed by atoms with Gasteiger partial charge in [-0.05, 0) is 25.0 Å². The third-order valence-electron chi connectivity index (χ3n) is 4.90. The standard InChI is InChI=1S/C16H23ClN4O2/c17-13-1-2-14(19-11-13)20-5-7-21(8-6-20)15(22)16(12-18)3-9-23-10-4-16/h1-2,11H,3-10,12,18H2. The Morgan fingerprint density at radius 3 is 2.52 bits per heavy atom. The van der Waals surface area contributed by atoms with E-state index in [-0.39, 0.29) is 5.91 Å². The number of aromatic nitrogens is 1. The van der Waals surface area contributed by atoms with Crippen LogP contribution in [-0.2, 0) is 9.53 Å². The number of anilines is 1. The number of amides is 1. The van der Waals surface area contributed by atoms with E-state index in [4.69, 9.17) is 22.1 Å². The van der Waals surface area contributed by atoms with Crippen LogP contribution in [0.3, 0.4) is 0 Å². The SMILES string of the molecule is NCC1(C(=O)N2CCN(c3ccc(Cl)cn3)CC2)CCOCC1. The van der Waals surface area contributed by atoms with Crippen molar-refractivity contribution in [3.8, 4) is 0 Å². The van der Waals surface area contributed by atoms with Gasteiger partial charge in [-0.3, -0.25) is 4.79 Å². The summed E-state index contributed by atoms with van der Waals surface area (Å²) >= 11 is 5.88. The molecule has 2 N–H and O–H groups in total. The van der Waals surface area contributed by atoms with E-state index in [9.17, 15) is 4.79 Å². The quantitative estimate of drug-likeness (QED) is 0.894. The molecule has 126 valence electrons. The number of hydrogen-bond donors (Lipinski definition) is 1. The molecular formula is C16H23ClN4O2. The van der Waals surface area contributed by atoms with Crippen molar-refractivity contribution in [1.29, 1.82) is 0 Å². The number of halogens is 1. The van der Waals surface area contributed by atoms with Gasteiger partial charge in [-0.1, -0.05) is 11.6 Å². The van der Waals surface area contributed by atoms with Crippen LogP contribution in [0, 0.1) is 5.41 Å². The lowest BCUT2D eigenvalue weighted by Gasteiger charge is -2.42. The van der Waals surface area contributed by atoms with Crippen LogP contribution in [-0.4, -0.2) is 61.7 Å². The predicted octanol–water partition coefficient (Wildman–Crippen LogP) is 1.14. The normalized spacial score (nSPS) is 21.3. The number of pyridine rings is 1. The highest BCUT2D eigenvalue weighted by molar-refractivity contribution is 6.30. The number of nitrogens with two attached hydrogens (primary N) is 1. The van der Waals surface area contributed by atoms with Gasteiger partial charge < -0.3 is 20.3 Å². The van der Waals surface area contributed by atoms with E-state index in [0.29, 0.717) is 37.9 Å². The lowest BCUT2D eigenvalue weighted by molar-refractivity contribution is -0.147. The average Bonchev–Trinajstić information content (AvgIpc) is 2.62. The minimum atomic E-state index is -0.432. The molecule has 0 aromatic carbocycles. The van der Waals surface area contributed by atoms with Gasteiger partial charge in [-0.25, -0.2) is 4.98 Å². The summed E-state index contributed by atoms with van der Waals surface area (Å²) in [5.74, 6) is 1.09. The van der Waals surface area contributed by atoms with Crippen LogP contribution < -0.4 is 10.6 Å². The van der Waals surface area contributed by atoms with Crippen molar-refractivity contribution in [3.63, 3.8) is 0 Å². The van der Waals surface area contributed by atoms with Crippen molar-refractivity contribution in [3.05, 3.63) is 23.4 Å². The maximum absolute atomic E-state index is 12.9. The highest BCUT2D eigenvalue weighted by Crippen LogP contribution is 2.32. The fourth-order valence-electron chi connectivity index (χ4n) is 3.30. The molecule has 3 rings (SSSR count). The highest BCUT2D eigenvalue weighted by Gasteiger charge is 2.42. The number of rotatable bonds is 3. The molecule has 0 saturated carbocycles. The van der Waals surface area contributed by atoms with Crippen molar-refractivity contribution in [2.45, 2.75) is 12.8 Å². The number of piperazine rings is 1. The van der Waals surface area contributed by atoms with Gasteiger partial charge in [0.1, 0.15) is 5.82 Å². The molecule has 23 heavy (non-hydrogen) atoms. The van der Waals surface area contributed by atoms with Gasteiger partial charge in [0.05, 0.1) is 10.4 Å². The first-order valence-electron chi connectivity index (χ1n) is 8.08. The van der Waals surface area contributed by atoms with Gasteiger partial charge in [0.15, 0.2) is 0 Å². The van der Waals surface area contributed by atoms with Crippen molar-refractivity contribution in [2.24, 2.45) is 11.1 Å². The number of ether oxygens (including phenoxy) is 1. The summed E-state index contributed by atoms with van der Waals surface area (Å²) in [5.41, 5.74) is 5.51. The van der Waals surface area contributed by atoms with Crippen LogP contribution >= 0.6 is 11.6 Å². The molecule has 0 bridgehead atoms. The first-order chi connectivity index (χ1) is 11.1. The molecule has 2 fully saturated rings. The Balaban J connectivity index is 1.61. The van der Waals surface area contributed by atoms with E-state index in [1.54, 1.807) is 6.20 Å². The summed E-state index contributed by atoms with van der Waals surface area (Å²) in [6.45, 7) is 4.59. The van der Waals surface area contributed by atoms with Crippen LogP contribution in [0.2, 0.25) is 5.02 Å². The molecule has 1 aromatic heterocycles. The van der Waals surface area contributed by atoms with Crippen LogP contribution in [0.1, 0.15) is 12.8 Å². The Bertz CT molecular complexity index is 538. The average molecular weight is 339 g/mol. The number of carbonyl (C=O) groups is 1. The highest BCUT2D eigenvalue weighted by atomic mass is 35.5. The smallest absolute Gasteiger partial charge is 0.230 e. The van der Waals surface area contributed by atoms with Crippen LogP contribution in [0.25, 0.3) is 0 Å². The van der Waals surface area contributed by atoms with E-state index in [1.165, 1.54) is 0 Å². The molecule has 0 aliphatic carbocycles. The summed E-state index contributed by atoms with van der Waals surface area (Å²) in [6, 6.07) is 3.76. The maximum atomic E-state index is 12.9. The van der Waals surface area contributed by atoms with Gasteiger partial charge in [0.25, 0.3) is 0 Å². The Kier molecular flexibility index (Phi) is 5.04. The third kappa shape index (κ3) is 3.44. The lowest BCUT2D eigenvalue weighted by Crippen LogP contribution is -2.56. The Labute approximate surface area is 141 Å². The predicted molar refractivity (Wildman–Crippen MR) is 89.6 cm³/mol. The molecule has 2 aliphatic rings. The first-order valence-corrected chi connectivity index (χ1v) is 8.46. The van der Waals surface area contributed by atoms with Crippen LogP contribution in [0.15, 0.2) is 18.3 Å². The van der Waals surface area contributed by atoms with E-state index in [0.717, 1.165) is 31.7 Å².